The predicted octanol–water partition coefficient (Wildman–Crippen LogP) is 5.24. The number of carbonyl (C=O) groups excluding carboxylic acids is 1. The van der Waals surface area contributed by atoms with Crippen LogP contribution in [0.5, 0.6) is 0 Å². The smallest absolute Gasteiger partial charge is 0.251 e. The number of amides is 1. The summed E-state index contributed by atoms with van der Waals surface area (Å²) in [5.41, 5.74) is 0.369. The van der Waals surface area contributed by atoms with Crippen LogP contribution in [0.25, 0.3) is 0 Å². The largest absolute Gasteiger partial charge is 0.349 e. The zero-order chi connectivity index (χ0) is 19.1. The van der Waals surface area contributed by atoms with Gasteiger partial charge in [-0.15, -0.1) is 0 Å². The van der Waals surface area contributed by atoms with E-state index < -0.39 is 5.82 Å². The van der Waals surface area contributed by atoms with E-state index in [-0.39, 0.29) is 11.9 Å². The molecule has 1 saturated carbocycles. The van der Waals surface area contributed by atoms with E-state index in [1.54, 1.807) is 12.1 Å². The molecule has 0 spiro atoms. The number of nitrogens with zero attached hydrogens (tertiary/aromatic N) is 1. The molecule has 1 N–H and O–H groups in total. The Labute approximate surface area is 160 Å². The summed E-state index contributed by atoms with van der Waals surface area (Å²) in [6.07, 6.45) is 2.35. The number of hydrogen-bond acceptors (Lipinski definition) is 2. The lowest BCUT2D eigenvalue weighted by molar-refractivity contribution is 0.0935. The fourth-order valence-corrected chi connectivity index (χ4v) is 3.21. The zero-order valence-corrected chi connectivity index (χ0v) is 17.9. The number of halogens is 2. The summed E-state index contributed by atoms with van der Waals surface area (Å²) < 4.78 is 13.6. The van der Waals surface area contributed by atoms with Crippen molar-refractivity contribution in [3.05, 3.63) is 34.1 Å². The maximum atomic E-state index is 13.2. The normalized spacial score (nSPS) is 15.2. The minimum absolute atomic E-state index is 0.180. The van der Waals surface area contributed by atoms with E-state index in [2.05, 4.69) is 60.8 Å². The lowest BCUT2D eigenvalue weighted by Gasteiger charge is -2.28. The molecule has 1 aliphatic rings. The monoisotopic (exact) mass is 414 g/mol. The zero-order valence-electron chi connectivity index (χ0n) is 16.3. The second-order valence-electron chi connectivity index (χ2n) is 7.25. The molecule has 0 unspecified atom stereocenters. The number of nitrogens with one attached hydrogen (secondary N) is 1. The van der Waals surface area contributed by atoms with Crippen molar-refractivity contribution in [3.63, 3.8) is 0 Å². The van der Waals surface area contributed by atoms with Gasteiger partial charge in [0.05, 0.1) is 4.47 Å². The lowest BCUT2D eigenvalue weighted by atomic mass is 10.1. The van der Waals surface area contributed by atoms with E-state index in [1.165, 1.54) is 18.9 Å². The fourth-order valence-electron chi connectivity index (χ4n) is 2.97. The molecule has 0 bridgehead atoms. The maximum Gasteiger partial charge on any atom is 0.251 e. The van der Waals surface area contributed by atoms with Crippen molar-refractivity contribution in [1.29, 1.82) is 0 Å². The van der Waals surface area contributed by atoms with Crippen LogP contribution in [0.2, 0.25) is 0 Å². The van der Waals surface area contributed by atoms with Gasteiger partial charge in [-0.2, -0.15) is 0 Å². The Morgan fingerprint density at radius 3 is 2.16 bits per heavy atom. The quantitative estimate of drug-likeness (QED) is 0.689. The molecule has 0 aromatic heterocycles. The molecule has 1 aliphatic carbocycles. The van der Waals surface area contributed by atoms with Gasteiger partial charge in [-0.05, 0) is 94.1 Å². The Bertz CT molecular complexity index is 551. The number of benzene rings is 1. The SMILES string of the molecule is CCN(C(C)C)C(C)C.C[C@@H](NC(=O)c1ccc(Br)c(F)c1)C1CC1. The molecule has 25 heavy (non-hydrogen) atoms. The summed E-state index contributed by atoms with van der Waals surface area (Å²) in [6, 6.07) is 5.97. The van der Waals surface area contributed by atoms with Crippen molar-refractivity contribution in [1.82, 2.24) is 10.2 Å². The lowest BCUT2D eigenvalue weighted by Crippen LogP contribution is -2.36. The van der Waals surface area contributed by atoms with E-state index in [4.69, 9.17) is 0 Å². The van der Waals surface area contributed by atoms with Gasteiger partial charge in [0.25, 0.3) is 5.91 Å². The molecule has 0 heterocycles. The van der Waals surface area contributed by atoms with Gasteiger partial charge in [0.15, 0.2) is 0 Å². The first kappa shape index (κ1) is 22.1. The molecule has 0 radical (unpaired) electrons. The van der Waals surface area contributed by atoms with E-state index in [0.29, 0.717) is 28.0 Å². The molecule has 1 aromatic carbocycles. The van der Waals surface area contributed by atoms with Crippen LogP contribution >= 0.6 is 15.9 Å². The molecule has 5 heteroatoms. The summed E-state index contributed by atoms with van der Waals surface area (Å²) in [5.74, 6) is -0.0122. The molecule has 142 valence electrons. The van der Waals surface area contributed by atoms with Crippen LogP contribution in [-0.2, 0) is 0 Å². The highest BCUT2D eigenvalue weighted by molar-refractivity contribution is 9.10. The van der Waals surface area contributed by atoms with Gasteiger partial charge in [-0.25, -0.2) is 4.39 Å². The second-order valence-corrected chi connectivity index (χ2v) is 8.10. The average Bonchev–Trinajstić information content (AvgIpc) is 3.35. The van der Waals surface area contributed by atoms with Crippen molar-refractivity contribution in [2.75, 3.05) is 6.54 Å². The van der Waals surface area contributed by atoms with Crippen LogP contribution in [0, 0.1) is 11.7 Å². The summed E-state index contributed by atoms with van der Waals surface area (Å²) in [5, 5.41) is 2.88. The molecule has 0 aliphatic heterocycles. The van der Waals surface area contributed by atoms with Gasteiger partial charge >= 0.3 is 0 Å². The van der Waals surface area contributed by atoms with E-state index in [9.17, 15) is 9.18 Å². The molecule has 1 aromatic rings. The topological polar surface area (TPSA) is 32.3 Å². The van der Waals surface area contributed by atoms with Crippen molar-refractivity contribution in [2.45, 2.75) is 72.5 Å². The Hall–Kier alpha value is -0.940. The highest BCUT2D eigenvalue weighted by atomic mass is 79.9. The molecule has 0 saturated heterocycles. The van der Waals surface area contributed by atoms with Crippen molar-refractivity contribution < 1.29 is 9.18 Å². The third-order valence-electron chi connectivity index (χ3n) is 4.56. The van der Waals surface area contributed by atoms with Gasteiger partial charge in [0.2, 0.25) is 0 Å². The first-order chi connectivity index (χ1) is 11.7. The van der Waals surface area contributed by atoms with Gasteiger partial charge in [-0.1, -0.05) is 6.92 Å². The minimum Gasteiger partial charge on any atom is -0.349 e. The Morgan fingerprint density at radius 2 is 1.80 bits per heavy atom. The summed E-state index contributed by atoms with van der Waals surface area (Å²) >= 11 is 3.06. The maximum absolute atomic E-state index is 13.2. The van der Waals surface area contributed by atoms with E-state index in [0.717, 1.165) is 6.54 Å². The molecule has 1 atom stereocenters. The summed E-state index contributed by atoms with van der Waals surface area (Å²) in [4.78, 5) is 14.2. The highest BCUT2D eigenvalue weighted by Gasteiger charge is 2.29. The molecular formula is C20H32BrFN2O. The van der Waals surface area contributed by atoms with Crippen LogP contribution in [0.15, 0.2) is 22.7 Å². The first-order valence-corrected chi connectivity index (χ1v) is 9.98. The van der Waals surface area contributed by atoms with Crippen LogP contribution in [0.1, 0.15) is 64.7 Å². The Balaban J connectivity index is 0.000000299. The third-order valence-corrected chi connectivity index (χ3v) is 5.20. The fraction of sp³-hybridized carbons (Fsp3) is 0.650. The molecule has 1 amide bonds. The van der Waals surface area contributed by atoms with Crippen LogP contribution in [0.3, 0.4) is 0 Å². The second kappa shape index (κ2) is 10.3. The number of hydrogen-bond donors (Lipinski definition) is 1. The van der Waals surface area contributed by atoms with Crippen LogP contribution in [0.4, 0.5) is 4.39 Å². The molecule has 2 rings (SSSR count). The standard InChI is InChI=1S/C12H13BrFNO.C8H19N/c1-7(8-2-3-8)15-12(16)9-4-5-10(13)11(14)6-9;1-6-9(7(2)3)8(4)5/h4-8H,2-3H2,1H3,(H,15,16);7-8H,6H2,1-5H3/t7-;/m1./s1. The Kier molecular flexibility index (Phi) is 9.08. The minimum atomic E-state index is -0.410. The predicted molar refractivity (Wildman–Crippen MR) is 106 cm³/mol. The van der Waals surface area contributed by atoms with Gasteiger partial charge in [0.1, 0.15) is 5.82 Å². The molecule has 1 fully saturated rings. The average molecular weight is 415 g/mol. The number of rotatable bonds is 6. The van der Waals surface area contributed by atoms with Gasteiger partial charge in [-0.3, -0.25) is 9.69 Å². The van der Waals surface area contributed by atoms with Gasteiger partial charge < -0.3 is 5.32 Å². The summed E-state index contributed by atoms with van der Waals surface area (Å²) in [6.45, 7) is 14.3. The Morgan fingerprint density at radius 1 is 1.24 bits per heavy atom. The first-order valence-electron chi connectivity index (χ1n) is 9.19. The van der Waals surface area contributed by atoms with Crippen LogP contribution < -0.4 is 5.32 Å². The third kappa shape index (κ3) is 7.45. The van der Waals surface area contributed by atoms with Crippen LogP contribution in [-0.4, -0.2) is 35.5 Å². The molecular weight excluding hydrogens is 383 g/mol. The van der Waals surface area contributed by atoms with E-state index >= 15 is 0 Å². The van der Waals surface area contributed by atoms with Crippen molar-refractivity contribution in [2.24, 2.45) is 5.92 Å². The van der Waals surface area contributed by atoms with Crippen molar-refractivity contribution in [3.8, 4) is 0 Å². The van der Waals surface area contributed by atoms with Crippen molar-refractivity contribution >= 4 is 21.8 Å². The number of carbonyl (C=O) groups is 1. The highest BCUT2D eigenvalue weighted by Crippen LogP contribution is 2.32. The van der Waals surface area contributed by atoms with Gasteiger partial charge in [0, 0.05) is 23.7 Å². The van der Waals surface area contributed by atoms with E-state index in [1.807, 2.05) is 6.92 Å². The molecule has 3 nitrogen and oxygen atoms in total. The summed E-state index contributed by atoms with van der Waals surface area (Å²) in [7, 11) is 0.